The van der Waals surface area contributed by atoms with Crippen molar-refractivity contribution in [3.63, 3.8) is 0 Å². The van der Waals surface area contributed by atoms with E-state index in [1.54, 1.807) is 16.2 Å². The molecule has 0 aliphatic carbocycles. The average molecular weight is 335 g/mol. The first-order valence-corrected chi connectivity index (χ1v) is 9.43. The summed E-state index contributed by atoms with van der Waals surface area (Å²) in [6.07, 6.45) is 1.18. The van der Waals surface area contributed by atoms with E-state index in [1.807, 2.05) is 37.9 Å². The molecule has 0 spiro atoms. The Morgan fingerprint density at radius 3 is 2.95 bits per heavy atom. The number of aromatic nitrogens is 1. The SMILES string of the molecule is Cc1nc2ccc(N(C)C(=O)CN(C)[C@H]3CCSC3)cc2s1. The van der Waals surface area contributed by atoms with E-state index in [-0.39, 0.29) is 5.91 Å². The molecule has 1 aromatic carbocycles. The number of thioether (sulfide) groups is 1. The molecule has 0 unspecified atom stereocenters. The van der Waals surface area contributed by atoms with Crippen molar-refractivity contribution < 1.29 is 4.79 Å². The summed E-state index contributed by atoms with van der Waals surface area (Å²) in [4.78, 5) is 20.9. The van der Waals surface area contributed by atoms with Crippen LogP contribution in [0, 0.1) is 6.92 Å². The Bertz CT molecular complexity index is 679. The molecule has 22 heavy (non-hydrogen) atoms. The molecule has 0 radical (unpaired) electrons. The second kappa shape index (κ2) is 6.56. The van der Waals surface area contributed by atoms with Crippen LogP contribution in [0.25, 0.3) is 10.2 Å². The van der Waals surface area contributed by atoms with Crippen LogP contribution >= 0.6 is 23.1 Å². The zero-order valence-electron chi connectivity index (χ0n) is 13.2. The number of thiazole rings is 1. The van der Waals surface area contributed by atoms with Gasteiger partial charge in [-0.25, -0.2) is 4.98 Å². The Morgan fingerprint density at radius 1 is 1.41 bits per heavy atom. The topological polar surface area (TPSA) is 36.4 Å². The fraction of sp³-hybridized carbons (Fsp3) is 0.500. The lowest BCUT2D eigenvalue weighted by atomic mass is 10.2. The zero-order chi connectivity index (χ0) is 15.7. The standard InChI is InChI=1S/C16H21N3OS2/c1-11-17-14-5-4-12(8-15(14)22-11)19(3)16(20)9-18(2)13-6-7-21-10-13/h4-5,8,13H,6-7,9-10H2,1-3H3/t13-/m0/s1. The Labute approximate surface area is 139 Å². The van der Waals surface area contributed by atoms with Gasteiger partial charge in [0.2, 0.25) is 5.91 Å². The molecule has 6 heteroatoms. The first kappa shape index (κ1) is 15.8. The van der Waals surface area contributed by atoms with Crippen molar-refractivity contribution in [3.05, 3.63) is 23.2 Å². The van der Waals surface area contributed by atoms with Gasteiger partial charge in [-0.15, -0.1) is 11.3 Å². The summed E-state index contributed by atoms with van der Waals surface area (Å²) in [6.45, 7) is 2.48. The van der Waals surface area contributed by atoms with E-state index < -0.39 is 0 Å². The van der Waals surface area contributed by atoms with Crippen LogP contribution in [0.15, 0.2) is 18.2 Å². The number of amides is 1. The molecule has 1 aromatic heterocycles. The number of rotatable bonds is 4. The normalized spacial score (nSPS) is 18.3. The molecule has 2 aromatic rings. The number of likely N-dealkylation sites (N-methyl/N-ethyl adjacent to an activating group) is 2. The third-order valence-electron chi connectivity index (χ3n) is 4.15. The number of hydrogen-bond donors (Lipinski definition) is 0. The third kappa shape index (κ3) is 3.29. The summed E-state index contributed by atoms with van der Waals surface area (Å²) in [5.41, 5.74) is 1.95. The van der Waals surface area contributed by atoms with Gasteiger partial charge < -0.3 is 4.90 Å². The van der Waals surface area contributed by atoms with Crippen molar-refractivity contribution in [1.29, 1.82) is 0 Å². The van der Waals surface area contributed by atoms with Crippen LogP contribution < -0.4 is 4.90 Å². The molecule has 1 fully saturated rings. The predicted octanol–water partition coefficient (Wildman–Crippen LogP) is 3.00. The van der Waals surface area contributed by atoms with E-state index in [0.717, 1.165) is 26.7 Å². The van der Waals surface area contributed by atoms with E-state index in [9.17, 15) is 4.79 Å². The molecule has 0 N–H and O–H groups in total. The molecule has 1 amide bonds. The molecular weight excluding hydrogens is 314 g/mol. The summed E-state index contributed by atoms with van der Waals surface area (Å²) >= 11 is 3.64. The molecule has 1 aliphatic heterocycles. The van der Waals surface area contributed by atoms with Crippen LogP contribution in [0.3, 0.4) is 0 Å². The van der Waals surface area contributed by atoms with Gasteiger partial charge in [0.15, 0.2) is 0 Å². The minimum absolute atomic E-state index is 0.139. The highest BCUT2D eigenvalue weighted by atomic mass is 32.2. The number of hydrogen-bond acceptors (Lipinski definition) is 5. The molecule has 0 saturated carbocycles. The number of benzene rings is 1. The molecule has 118 valence electrons. The zero-order valence-corrected chi connectivity index (χ0v) is 14.8. The molecule has 4 nitrogen and oxygen atoms in total. The summed E-state index contributed by atoms with van der Waals surface area (Å²) < 4.78 is 1.13. The maximum atomic E-state index is 12.5. The number of carbonyl (C=O) groups excluding carboxylic acids is 1. The van der Waals surface area contributed by atoms with Crippen LogP contribution in [0.5, 0.6) is 0 Å². The van der Waals surface area contributed by atoms with Crippen LogP contribution in [0.1, 0.15) is 11.4 Å². The summed E-state index contributed by atoms with van der Waals surface area (Å²) in [5.74, 6) is 2.49. The monoisotopic (exact) mass is 335 g/mol. The number of fused-ring (bicyclic) bond motifs is 1. The van der Waals surface area contributed by atoms with E-state index in [0.29, 0.717) is 12.6 Å². The molecule has 1 aliphatic rings. The molecule has 2 heterocycles. The molecule has 1 atom stereocenters. The highest BCUT2D eigenvalue weighted by Gasteiger charge is 2.23. The second-order valence-corrected chi connectivity index (χ2v) is 8.15. The van der Waals surface area contributed by atoms with Crippen molar-refractivity contribution in [2.75, 3.05) is 37.0 Å². The fourth-order valence-corrected chi connectivity index (χ4v) is 4.86. The lowest BCUT2D eigenvalue weighted by Gasteiger charge is -2.26. The highest BCUT2D eigenvalue weighted by molar-refractivity contribution is 7.99. The predicted molar refractivity (Wildman–Crippen MR) is 96.1 cm³/mol. The van der Waals surface area contributed by atoms with Crippen LogP contribution in [0.4, 0.5) is 5.69 Å². The Balaban J connectivity index is 1.70. The van der Waals surface area contributed by atoms with Gasteiger partial charge in [-0.3, -0.25) is 9.69 Å². The van der Waals surface area contributed by atoms with Crippen molar-refractivity contribution in [1.82, 2.24) is 9.88 Å². The van der Waals surface area contributed by atoms with Gasteiger partial charge in [0, 0.05) is 24.5 Å². The van der Waals surface area contributed by atoms with Crippen molar-refractivity contribution in [2.45, 2.75) is 19.4 Å². The molecular formula is C16H21N3OS2. The van der Waals surface area contributed by atoms with Gasteiger partial charge in [-0.2, -0.15) is 11.8 Å². The third-order valence-corrected chi connectivity index (χ3v) is 6.23. The van der Waals surface area contributed by atoms with Gasteiger partial charge in [0.05, 0.1) is 21.8 Å². The lowest BCUT2D eigenvalue weighted by molar-refractivity contribution is -0.119. The van der Waals surface area contributed by atoms with E-state index in [4.69, 9.17) is 0 Å². The number of anilines is 1. The van der Waals surface area contributed by atoms with Crippen molar-refractivity contribution in [2.24, 2.45) is 0 Å². The summed E-state index contributed by atoms with van der Waals surface area (Å²) in [5, 5.41) is 1.06. The van der Waals surface area contributed by atoms with Gasteiger partial charge >= 0.3 is 0 Å². The Hall–Kier alpha value is -1.11. The van der Waals surface area contributed by atoms with Crippen LogP contribution in [-0.2, 0) is 4.79 Å². The van der Waals surface area contributed by atoms with Gasteiger partial charge in [0.25, 0.3) is 0 Å². The van der Waals surface area contributed by atoms with Crippen LogP contribution in [0.2, 0.25) is 0 Å². The minimum atomic E-state index is 0.139. The first-order chi connectivity index (χ1) is 10.5. The van der Waals surface area contributed by atoms with Gasteiger partial charge in [-0.1, -0.05) is 0 Å². The summed E-state index contributed by atoms with van der Waals surface area (Å²) in [7, 11) is 3.91. The maximum Gasteiger partial charge on any atom is 0.240 e. The Kier molecular flexibility index (Phi) is 4.70. The van der Waals surface area contributed by atoms with Crippen LogP contribution in [-0.4, -0.2) is 54.0 Å². The van der Waals surface area contributed by atoms with Crippen molar-refractivity contribution >= 4 is 44.9 Å². The second-order valence-electron chi connectivity index (χ2n) is 5.77. The van der Waals surface area contributed by atoms with Gasteiger partial charge in [-0.05, 0) is 44.3 Å². The number of nitrogens with zero attached hydrogens (tertiary/aromatic N) is 3. The van der Waals surface area contributed by atoms with E-state index in [2.05, 4.69) is 23.0 Å². The smallest absolute Gasteiger partial charge is 0.240 e. The first-order valence-electron chi connectivity index (χ1n) is 7.46. The van der Waals surface area contributed by atoms with Crippen molar-refractivity contribution in [3.8, 4) is 0 Å². The Morgan fingerprint density at radius 2 is 2.23 bits per heavy atom. The van der Waals surface area contributed by atoms with E-state index >= 15 is 0 Å². The average Bonchev–Trinajstić information content (AvgIpc) is 3.13. The maximum absolute atomic E-state index is 12.5. The number of aryl methyl sites for hydroxylation is 1. The largest absolute Gasteiger partial charge is 0.314 e. The number of carbonyl (C=O) groups is 1. The molecule has 3 rings (SSSR count). The molecule has 0 bridgehead atoms. The lowest BCUT2D eigenvalue weighted by Crippen LogP contribution is -2.41. The molecule has 1 saturated heterocycles. The van der Waals surface area contributed by atoms with Gasteiger partial charge in [0.1, 0.15) is 0 Å². The van der Waals surface area contributed by atoms with E-state index in [1.165, 1.54) is 12.2 Å². The quantitative estimate of drug-likeness (QED) is 0.861. The fourth-order valence-electron chi connectivity index (χ4n) is 2.70. The highest BCUT2D eigenvalue weighted by Crippen LogP contribution is 2.26. The summed E-state index contributed by atoms with van der Waals surface area (Å²) in [6, 6.07) is 6.57. The minimum Gasteiger partial charge on any atom is -0.314 e.